The lowest BCUT2D eigenvalue weighted by atomic mass is 10.0. The second kappa shape index (κ2) is 7.15. The molecule has 0 radical (unpaired) electrons. The lowest BCUT2D eigenvalue weighted by Crippen LogP contribution is -2.31. The molecule has 2 heterocycles. The van der Waals surface area contributed by atoms with E-state index in [2.05, 4.69) is 10.2 Å². The third-order valence-electron chi connectivity index (χ3n) is 4.47. The zero-order valence-corrected chi connectivity index (χ0v) is 14.3. The molecule has 1 atom stereocenters. The van der Waals surface area contributed by atoms with Crippen molar-refractivity contribution in [3.05, 3.63) is 52.3 Å². The molecule has 1 aliphatic rings. The van der Waals surface area contributed by atoms with E-state index in [9.17, 15) is 4.79 Å². The minimum Gasteiger partial charge on any atom is -0.331 e. The van der Waals surface area contributed by atoms with Crippen LogP contribution in [0.15, 0.2) is 24.3 Å². The molecule has 124 valence electrons. The van der Waals surface area contributed by atoms with Crippen molar-refractivity contribution in [1.29, 1.82) is 0 Å². The molecule has 23 heavy (non-hydrogen) atoms. The first-order valence-electron chi connectivity index (χ1n) is 7.73. The van der Waals surface area contributed by atoms with E-state index in [-0.39, 0.29) is 24.4 Å². The highest BCUT2D eigenvalue weighted by Crippen LogP contribution is 2.35. The molecular weight excluding hydrogens is 312 g/mol. The maximum absolute atomic E-state index is 12.8. The number of hydrogen-bond donors (Lipinski definition) is 2. The number of hydrogen-bond acceptors (Lipinski definition) is 3. The molecule has 6 heteroatoms. The average Bonchev–Trinajstić information content (AvgIpc) is 3.13. The van der Waals surface area contributed by atoms with Gasteiger partial charge < -0.3 is 10.6 Å². The third kappa shape index (κ3) is 3.26. The molecule has 1 amide bonds. The first-order valence-corrected chi connectivity index (χ1v) is 7.73. The second-order valence-electron chi connectivity index (χ2n) is 5.91. The molecule has 1 aromatic heterocycles. The van der Waals surface area contributed by atoms with Crippen molar-refractivity contribution in [3.8, 4) is 0 Å². The molecule has 1 aromatic carbocycles. The third-order valence-corrected chi connectivity index (χ3v) is 4.47. The zero-order chi connectivity index (χ0) is 15.7. The second-order valence-corrected chi connectivity index (χ2v) is 5.91. The van der Waals surface area contributed by atoms with Crippen molar-refractivity contribution in [2.45, 2.75) is 39.3 Å². The van der Waals surface area contributed by atoms with Gasteiger partial charge in [0.2, 0.25) is 0 Å². The van der Waals surface area contributed by atoms with Crippen LogP contribution in [-0.4, -0.2) is 27.5 Å². The van der Waals surface area contributed by atoms with Gasteiger partial charge in [0.25, 0.3) is 5.91 Å². The number of likely N-dealkylation sites (tertiary alicyclic amines) is 1. The van der Waals surface area contributed by atoms with Crippen LogP contribution in [0.2, 0.25) is 0 Å². The van der Waals surface area contributed by atoms with Crippen LogP contribution >= 0.6 is 12.4 Å². The van der Waals surface area contributed by atoms with E-state index in [0.29, 0.717) is 6.54 Å². The van der Waals surface area contributed by atoms with Crippen LogP contribution in [0.5, 0.6) is 0 Å². The number of nitrogens with zero attached hydrogens (tertiary/aromatic N) is 2. The number of aryl methyl sites for hydroxylation is 2. The van der Waals surface area contributed by atoms with E-state index in [1.54, 1.807) is 0 Å². The minimum atomic E-state index is 0. The Morgan fingerprint density at radius 1 is 1.35 bits per heavy atom. The monoisotopic (exact) mass is 334 g/mol. The lowest BCUT2D eigenvalue weighted by Gasteiger charge is -2.25. The number of amides is 1. The SMILES string of the molecule is Cc1n[nH]c(C)c1C1CCCN1C(=O)c1ccc(CN)cc1.Cl. The predicted octanol–water partition coefficient (Wildman–Crippen LogP) is 2.88. The summed E-state index contributed by atoms with van der Waals surface area (Å²) in [7, 11) is 0. The van der Waals surface area contributed by atoms with Crippen LogP contribution in [0.1, 0.15) is 51.8 Å². The summed E-state index contributed by atoms with van der Waals surface area (Å²) in [5.74, 6) is 0.0890. The molecule has 0 bridgehead atoms. The Labute approximate surface area is 142 Å². The predicted molar refractivity (Wildman–Crippen MR) is 92.7 cm³/mol. The molecule has 3 rings (SSSR count). The van der Waals surface area contributed by atoms with Gasteiger partial charge in [-0.15, -0.1) is 12.4 Å². The fourth-order valence-electron chi connectivity index (χ4n) is 3.31. The van der Waals surface area contributed by atoms with Crippen molar-refractivity contribution in [3.63, 3.8) is 0 Å². The Kier molecular flexibility index (Phi) is 5.44. The molecule has 1 unspecified atom stereocenters. The van der Waals surface area contributed by atoms with E-state index in [4.69, 9.17) is 5.73 Å². The fourth-order valence-corrected chi connectivity index (χ4v) is 3.31. The summed E-state index contributed by atoms with van der Waals surface area (Å²) in [5, 5.41) is 7.30. The van der Waals surface area contributed by atoms with Gasteiger partial charge in [-0.25, -0.2) is 0 Å². The zero-order valence-electron chi connectivity index (χ0n) is 13.5. The number of H-pyrrole nitrogens is 1. The first kappa shape index (κ1) is 17.5. The molecule has 1 aliphatic heterocycles. The van der Waals surface area contributed by atoms with Gasteiger partial charge in [-0.05, 0) is 44.4 Å². The smallest absolute Gasteiger partial charge is 0.254 e. The maximum Gasteiger partial charge on any atom is 0.254 e. The molecule has 1 saturated heterocycles. The Morgan fingerprint density at radius 2 is 2.04 bits per heavy atom. The Balaban J connectivity index is 0.00000192. The Bertz CT molecular complexity index is 661. The number of halogens is 1. The first-order chi connectivity index (χ1) is 10.6. The highest BCUT2D eigenvalue weighted by Gasteiger charge is 2.33. The minimum absolute atomic E-state index is 0. The van der Waals surface area contributed by atoms with Crippen LogP contribution in [0.25, 0.3) is 0 Å². The highest BCUT2D eigenvalue weighted by atomic mass is 35.5. The number of carbonyl (C=O) groups is 1. The van der Waals surface area contributed by atoms with Gasteiger partial charge in [0.15, 0.2) is 0 Å². The molecule has 2 aromatic rings. The molecule has 0 aliphatic carbocycles. The number of carbonyl (C=O) groups excluding carboxylic acids is 1. The molecule has 3 N–H and O–H groups in total. The number of benzene rings is 1. The molecule has 5 nitrogen and oxygen atoms in total. The molecule has 0 saturated carbocycles. The summed E-state index contributed by atoms with van der Waals surface area (Å²) in [6, 6.07) is 7.71. The number of aromatic nitrogens is 2. The van der Waals surface area contributed by atoms with Crippen LogP contribution < -0.4 is 5.73 Å². The van der Waals surface area contributed by atoms with E-state index in [1.165, 1.54) is 5.56 Å². The largest absolute Gasteiger partial charge is 0.331 e. The topological polar surface area (TPSA) is 75.0 Å². The number of nitrogens with one attached hydrogen (secondary N) is 1. The van der Waals surface area contributed by atoms with E-state index >= 15 is 0 Å². The summed E-state index contributed by atoms with van der Waals surface area (Å²) in [6.45, 7) is 5.31. The molecule has 0 spiro atoms. The number of aromatic amines is 1. The van der Waals surface area contributed by atoms with Crippen molar-refractivity contribution in [2.75, 3.05) is 6.54 Å². The Hall–Kier alpha value is -1.85. The van der Waals surface area contributed by atoms with Gasteiger partial charge in [0.1, 0.15) is 0 Å². The molecule has 1 fully saturated rings. The summed E-state index contributed by atoms with van der Waals surface area (Å²) in [5.41, 5.74) is 10.6. The van der Waals surface area contributed by atoms with Gasteiger partial charge >= 0.3 is 0 Å². The van der Waals surface area contributed by atoms with Crippen LogP contribution in [0, 0.1) is 13.8 Å². The van der Waals surface area contributed by atoms with Crippen LogP contribution in [-0.2, 0) is 6.54 Å². The van der Waals surface area contributed by atoms with Gasteiger partial charge in [-0.3, -0.25) is 9.89 Å². The maximum atomic E-state index is 12.8. The van der Waals surface area contributed by atoms with Crippen molar-refractivity contribution >= 4 is 18.3 Å². The van der Waals surface area contributed by atoms with E-state index in [1.807, 2.05) is 43.0 Å². The van der Waals surface area contributed by atoms with E-state index in [0.717, 1.165) is 41.9 Å². The fraction of sp³-hybridized carbons (Fsp3) is 0.412. The number of nitrogens with two attached hydrogens (primary N) is 1. The van der Waals surface area contributed by atoms with Gasteiger partial charge in [0.05, 0.1) is 11.7 Å². The summed E-state index contributed by atoms with van der Waals surface area (Å²) in [6.07, 6.45) is 2.02. The summed E-state index contributed by atoms with van der Waals surface area (Å²) >= 11 is 0. The number of rotatable bonds is 3. The van der Waals surface area contributed by atoms with Gasteiger partial charge in [-0.1, -0.05) is 12.1 Å². The standard InChI is InChI=1S/C17H22N4O.ClH/c1-11-16(12(2)20-19-11)15-4-3-9-21(15)17(22)14-7-5-13(10-18)6-8-14;/h5-8,15H,3-4,9-10,18H2,1-2H3,(H,19,20);1H. The average molecular weight is 335 g/mol. The van der Waals surface area contributed by atoms with Crippen LogP contribution in [0.4, 0.5) is 0 Å². The summed E-state index contributed by atoms with van der Waals surface area (Å²) < 4.78 is 0. The summed E-state index contributed by atoms with van der Waals surface area (Å²) in [4.78, 5) is 14.8. The normalized spacial score (nSPS) is 17.2. The molecular formula is C17H23ClN4O. The quantitative estimate of drug-likeness (QED) is 0.906. The van der Waals surface area contributed by atoms with E-state index < -0.39 is 0 Å². The lowest BCUT2D eigenvalue weighted by molar-refractivity contribution is 0.0735. The van der Waals surface area contributed by atoms with Gasteiger partial charge in [-0.2, -0.15) is 5.10 Å². The van der Waals surface area contributed by atoms with Crippen molar-refractivity contribution < 1.29 is 4.79 Å². The van der Waals surface area contributed by atoms with Crippen LogP contribution in [0.3, 0.4) is 0 Å². The van der Waals surface area contributed by atoms with Crippen molar-refractivity contribution in [1.82, 2.24) is 15.1 Å². The highest BCUT2D eigenvalue weighted by molar-refractivity contribution is 5.94. The van der Waals surface area contributed by atoms with Gasteiger partial charge in [0, 0.05) is 29.9 Å². The Morgan fingerprint density at radius 3 is 2.61 bits per heavy atom. The van der Waals surface area contributed by atoms with Crippen molar-refractivity contribution in [2.24, 2.45) is 5.73 Å².